The lowest BCUT2D eigenvalue weighted by molar-refractivity contribution is -0.137. The van der Waals surface area contributed by atoms with E-state index in [2.05, 4.69) is 5.10 Å². The zero-order valence-electron chi connectivity index (χ0n) is 12.3. The van der Waals surface area contributed by atoms with E-state index in [-0.39, 0.29) is 0 Å². The van der Waals surface area contributed by atoms with Crippen molar-refractivity contribution in [3.05, 3.63) is 39.0 Å². The van der Waals surface area contributed by atoms with Crippen LogP contribution in [-0.4, -0.2) is 26.4 Å². The molecule has 0 bridgehead atoms. The molecule has 2 rings (SSSR count). The molecule has 0 aliphatic heterocycles. The Hall–Kier alpha value is -2.10. The fourth-order valence-corrected chi connectivity index (χ4v) is 3.20. The maximum Gasteiger partial charge on any atom is 0.447 e. The van der Waals surface area contributed by atoms with Crippen molar-refractivity contribution >= 4 is 40.9 Å². The van der Waals surface area contributed by atoms with Crippen LogP contribution in [-0.2, 0) is 6.18 Å². The fraction of sp³-hybridized carbons (Fsp3) is 0.154. The molecule has 0 saturated carbocycles. The van der Waals surface area contributed by atoms with Crippen molar-refractivity contribution in [2.24, 2.45) is 0 Å². The first-order valence-corrected chi connectivity index (χ1v) is 7.92. The Kier molecular flexibility index (Phi) is 5.61. The standard InChI is InChI=1S/C13H3Cl2F6N3O2S/c14-6-1-4(12(16,17)18)2-7(15)9(6)24-8(11(25)26)5(3-22)10(23-24)27-13(19,20)21/h1-2H,(H,25,26). The lowest BCUT2D eigenvalue weighted by Gasteiger charge is -2.13. The molecule has 1 N–H and O–H groups in total. The number of carboxylic acids is 1. The molecule has 0 spiro atoms. The highest BCUT2D eigenvalue weighted by Gasteiger charge is 2.37. The highest BCUT2D eigenvalue weighted by atomic mass is 35.5. The lowest BCUT2D eigenvalue weighted by Crippen LogP contribution is -2.12. The van der Waals surface area contributed by atoms with Crippen molar-refractivity contribution in [2.45, 2.75) is 16.7 Å². The van der Waals surface area contributed by atoms with Gasteiger partial charge in [-0.1, -0.05) is 23.2 Å². The number of thioether (sulfide) groups is 1. The van der Waals surface area contributed by atoms with Crippen LogP contribution in [0.2, 0.25) is 10.0 Å². The third-order valence-corrected chi connectivity index (χ3v) is 4.22. The van der Waals surface area contributed by atoms with E-state index in [0.717, 1.165) is 0 Å². The Bertz CT molecular complexity index is 942. The predicted molar refractivity (Wildman–Crippen MR) is 82.2 cm³/mol. The number of hydrogen-bond acceptors (Lipinski definition) is 4. The maximum absolute atomic E-state index is 12.8. The summed E-state index contributed by atoms with van der Waals surface area (Å²) < 4.78 is 76.5. The summed E-state index contributed by atoms with van der Waals surface area (Å²) in [6.07, 6.45) is -4.83. The number of carbonyl (C=O) groups is 1. The van der Waals surface area contributed by atoms with Gasteiger partial charge in [0.05, 0.1) is 15.6 Å². The van der Waals surface area contributed by atoms with Gasteiger partial charge < -0.3 is 5.11 Å². The van der Waals surface area contributed by atoms with Crippen LogP contribution in [0.25, 0.3) is 5.69 Å². The molecule has 0 saturated heterocycles. The molecule has 0 amide bonds. The quantitative estimate of drug-likeness (QED) is 0.502. The third-order valence-electron chi connectivity index (χ3n) is 2.94. The van der Waals surface area contributed by atoms with Gasteiger partial charge in [0, 0.05) is 11.8 Å². The minimum atomic E-state index is -4.91. The van der Waals surface area contributed by atoms with Crippen molar-refractivity contribution in [1.82, 2.24) is 9.78 Å². The summed E-state index contributed by atoms with van der Waals surface area (Å²) in [7, 11) is 0. The van der Waals surface area contributed by atoms with Crippen LogP contribution in [0.15, 0.2) is 17.2 Å². The van der Waals surface area contributed by atoms with Gasteiger partial charge in [0.15, 0.2) is 5.69 Å². The smallest absolute Gasteiger partial charge is 0.447 e. The number of nitriles is 1. The number of rotatable bonds is 3. The summed E-state index contributed by atoms with van der Waals surface area (Å²) in [5.74, 6) is -1.86. The Labute approximate surface area is 160 Å². The first kappa shape index (κ1) is 21.2. The van der Waals surface area contributed by atoms with E-state index in [1.54, 1.807) is 0 Å². The topological polar surface area (TPSA) is 78.9 Å². The van der Waals surface area contributed by atoms with Gasteiger partial charge in [-0.3, -0.25) is 0 Å². The fourth-order valence-electron chi connectivity index (χ4n) is 1.97. The lowest BCUT2D eigenvalue weighted by atomic mass is 10.2. The molecule has 144 valence electrons. The zero-order chi connectivity index (χ0) is 20.7. The van der Waals surface area contributed by atoms with Crippen molar-refractivity contribution in [3.8, 4) is 11.8 Å². The first-order chi connectivity index (χ1) is 12.3. The first-order valence-electron chi connectivity index (χ1n) is 6.35. The minimum Gasteiger partial charge on any atom is -0.476 e. The maximum atomic E-state index is 12.8. The highest BCUT2D eigenvalue weighted by Crippen LogP contribution is 2.41. The second-order valence-electron chi connectivity index (χ2n) is 4.69. The molecule has 2 aromatic rings. The molecule has 0 radical (unpaired) electrons. The van der Waals surface area contributed by atoms with E-state index < -0.39 is 67.0 Å². The monoisotopic (exact) mass is 449 g/mol. The summed E-state index contributed by atoms with van der Waals surface area (Å²) in [6, 6.07) is 2.08. The molecule has 5 nitrogen and oxygen atoms in total. The highest BCUT2D eigenvalue weighted by molar-refractivity contribution is 8.00. The summed E-state index contributed by atoms with van der Waals surface area (Å²) >= 11 is 10.6. The van der Waals surface area contributed by atoms with Crippen molar-refractivity contribution in [1.29, 1.82) is 5.26 Å². The molecule has 1 aromatic carbocycles. The number of nitrogens with zero attached hydrogens (tertiary/aromatic N) is 3. The van der Waals surface area contributed by atoms with Gasteiger partial charge in [0.1, 0.15) is 22.3 Å². The molecular weight excluding hydrogens is 447 g/mol. The summed E-state index contributed by atoms with van der Waals surface area (Å²) in [4.78, 5) is 11.4. The van der Waals surface area contributed by atoms with Gasteiger partial charge in [-0.25, -0.2) is 9.48 Å². The minimum absolute atomic E-state index is 0.291. The van der Waals surface area contributed by atoms with Gasteiger partial charge in [-0.15, -0.1) is 0 Å². The van der Waals surface area contributed by atoms with Gasteiger partial charge in [-0.2, -0.15) is 36.7 Å². The molecule has 0 atom stereocenters. The number of halogens is 8. The van der Waals surface area contributed by atoms with Gasteiger partial charge in [0.2, 0.25) is 0 Å². The number of aromatic carboxylic acids is 1. The Morgan fingerprint density at radius 2 is 1.70 bits per heavy atom. The van der Waals surface area contributed by atoms with Gasteiger partial charge >= 0.3 is 17.7 Å². The molecule has 0 aliphatic rings. The van der Waals surface area contributed by atoms with Crippen LogP contribution in [0.3, 0.4) is 0 Å². The molecule has 1 aromatic heterocycles. The largest absolute Gasteiger partial charge is 0.476 e. The Morgan fingerprint density at radius 3 is 2.07 bits per heavy atom. The van der Waals surface area contributed by atoms with Crippen LogP contribution < -0.4 is 0 Å². The second-order valence-corrected chi connectivity index (χ2v) is 6.56. The molecule has 0 unspecified atom stereocenters. The number of aromatic nitrogens is 2. The second kappa shape index (κ2) is 7.14. The van der Waals surface area contributed by atoms with E-state index in [1.807, 2.05) is 0 Å². The van der Waals surface area contributed by atoms with Crippen molar-refractivity contribution < 1.29 is 36.2 Å². The number of carboxylic acid groups (broad SMARTS) is 1. The molecule has 14 heteroatoms. The summed E-state index contributed by atoms with van der Waals surface area (Å²) in [5, 5.41) is 19.2. The zero-order valence-corrected chi connectivity index (χ0v) is 14.6. The van der Waals surface area contributed by atoms with Crippen LogP contribution in [0, 0.1) is 11.3 Å². The summed E-state index contributed by atoms with van der Waals surface area (Å²) in [5.41, 5.74) is -8.77. The predicted octanol–water partition coefficient (Wildman–Crippen LogP) is 5.38. The van der Waals surface area contributed by atoms with E-state index in [9.17, 15) is 36.2 Å². The normalized spacial score (nSPS) is 12.1. The molecule has 1 heterocycles. The number of benzene rings is 1. The van der Waals surface area contributed by atoms with Crippen molar-refractivity contribution in [2.75, 3.05) is 0 Å². The molecule has 27 heavy (non-hydrogen) atoms. The van der Waals surface area contributed by atoms with E-state index in [0.29, 0.717) is 16.8 Å². The Balaban J connectivity index is 2.80. The molecular formula is C13H3Cl2F6N3O2S. The Morgan fingerprint density at radius 1 is 1.19 bits per heavy atom. The van der Waals surface area contributed by atoms with Crippen molar-refractivity contribution in [3.63, 3.8) is 0 Å². The van der Waals surface area contributed by atoms with Gasteiger partial charge in [0.25, 0.3) is 0 Å². The van der Waals surface area contributed by atoms with E-state index >= 15 is 0 Å². The van der Waals surface area contributed by atoms with Crippen LogP contribution >= 0.6 is 35.0 Å². The number of alkyl halides is 6. The SMILES string of the molecule is N#Cc1c(SC(F)(F)F)nn(-c2c(Cl)cc(C(F)(F)F)cc2Cl)c1C(=O)O. The average Bonchev–Trinajstić information content (AvgIpc) is 2.81. The van der Waals surface area contributed by atoms with E-state index in [1.165, 1.54) is 6.07 Å². The molecule has 0 fully saturated rings. The van der Waals surface area contributed by atoms with Crippen LogP contribution in [0.1, 0.15) is 21.6 Å². The van der Waals surface area contributed by atoms with E-state index in [4.69, 9.17) is 28.5 Å². The van der Waals surface area contributed by atoms with Crippen LogP contribution in [0.5, 0.6) is 0 Å². The summed E-state index contributed by atoms with van der Waals surface area (Å²) in [6.45, 7) is 0. The number of hydrogen-bond donors (Lipinski definition) is 1. The van der Waals surface area contributed by atoms with Crippen LogP contribution in [0.4, 0.5) is 26.3 Å². The average molecular weight is 450 g/mol. The third kappa shape index (κ3) is 4.42. The van der Waals surface area contributed by atoms with Gasteiger partial charge in [-0.05, 0) is 12.1 Å². The molecule has 0 aliphatic carbocycles.